The molecule has 0 amide bonds. The minimum Gasteiger partial charge on any atom is -0.497 e. The number of hydrogen-bond acceptors (Lipinski definition) is 3. The molecule has 3 nitrogen and oxygen atoms in total. The normalized spacial score (nSPS) is 12.8. The third-order valence-electron chi connectivity index (χ3n) is 3.90. The number of methoxy groups -OCH3 is 1. The van der Waals surface area contributed by atoms with Crippen LogP contribution in [-0.2, 0) is 0 Å². The number of halogens is 3. The van der Waals surface area contributed by atoms with Crippen LogP contribution in [0.1, 0.15) is 17.2 Å². The van der Waals surface area contributed by atoms with E-state index in [0.717, 1.165) is 22.1 Å². The van der Waals surface area contributed by atoms with Gasteiger partial charge in [0.25, 0.3) is 0 Å². The summed E-state index contributed by atoms with van der Waals surface area (Å²) in [6.07, 6.45) is -4.71. The van der Waals surface area contributed by atoms with Crippen molar-refractivity contribution in [3.05, 3.63) is 71.8 Å². The van der Waals surface area contributed by atoms with Crippen molar-refractivity contribution in [2.45, 2.75) is 12.4 Å². The highest BCUT2D eigenvalue weighted by molar-refractivity contribution is 5.84. The Balaban J connectivity index is 1.84. The first-order chi connectivity index (χ1) is 11.9. The van der Waals surface area contributed by atoms with Crippen molar-refractivity contribution >= 4 is 10.8 Å². The Kier molecular flexibility index (Phi) is 4.55. The van der Waals surface area contributed by atoms with E-state index in [2.05, 4.69) is 4.74 Å². The lowest BCUT2D eigenvalue weighted by Gasteiger charge is -2.15. The molecule has 0 saturated heterocycles. The summed E-state index contributed by atoms with van der Waals surface area (Å²) in [4.78, 5) is 0. The number of benzene rings is 3. The fourth-order valence-electron chi connectivity index (χ4n) is 2.63. The van der Waals surface area contributed by atoms with Gasteiger partial charge in [0.2, 0.25) is 0 Å². The van der Waals surface area contributed by atoms with Crippen molar-refractivity contribution in [2.24, 2.45) is 5.73 Å². The van der Waals surface area contributed by atoms with E-state index in [0.29, 0.717) is 5.56 Å². The molecule has 0 aliphatic rings. The zero-order valence-corrected chi connectivity index (χ0v) is 13.4. The van der Waals surface area contributed by atoms with Crippen LogP contribution >= 0.6 is 0 Å². The highest BCUT2D eigenvalue weighted by Crippen LogP contribution is 2.28. The zero-order valence-electron chi connectivity index (χ0n) is 13.4. The summed E-state index contributed by atoms with van der Waals surface area (Å²) < 4.78 is 45.7. The lowest BCUT2D eigenvalue weighted by molar-refractivity contribution is -0.274. The summed E-state index contributed by atoms with van der Waals surface area (Å²) in [7, 11) is 1.61. The van der Waals surface area contributed by atoms with E-state index in [1.807, 2.05) is 36.4 Å². The van der Waals surface area contributed by atoms with Gasteiger partial charge in [-0.05, 0) is 52.2 Å². The molecule has 3 aromatic rings. The molecule has 0 spiro atoms. The highest BCUT2D eigenvalue weighted by atomic mass is 19.4. The van der Waals surface area contributed by atoms with Gasteiger partial charge in [0.15, 0.2) is 0 Å². The Morgan fingerprint density at radius 1 is 0.800 bits per heavy atom. The average Bonchev–Trinajstić information content (AvgIpc) is 2.59. The van der Waals surface area contributed by atoms with E-state index in [1.165, 1.54) is 24.3 Å². The van der Waals surface area contributed by atoms with Crippen molar-refractivity contribution in [3.63, 3.8) is 0 Å². The van der Waals surface area contributed by atoms with Crippen LogP contribution in [0.25, 0.3) is 10.8 Å². The lowest BCUT2D eigenvalue weighted by atomic mass is 9.97. The Hall–Kier alpha value is -2.73. The number of nitrogens with two attached hydrogens (primary N) is 1. The van der Waals surface area contributed by atoms with Crippen molar-refractivity contribution in [1.82, 2.24) is 0 Å². The second-order valence-corrected chi connectivity index (χ2v) is 5.57. The summed E-state index contributed by atoms with van der Waals surface area (Å²) in [5.74, 6) is 0.499. The molecular weight excluding hydrogens is 331 g/mol. The molecule has 0 bridgehead atoms. The van der Waals surface area contributed by atoms with Gasteiger partial charge in [0, 0.05) is 0 Å². The molecular formula is C19H16F3NO2. The standard InChI is InChI=1S/C19H16F3NO2/c1-24-17-9-6-13-10-15(3-2-14(13)11-17)18(23)12-4-7-16(8-5-12)25-19(20,21)22/h2-11,18H,23H2,1H3/t18-/m1/s1. The molecule has 130 valence electrons. The van der Waals surface area contributed by atoms with Crippen LogP contribution in [0.3, 0.4) is 0 Å². The summed E-state index contributed by atoms with van der Waals surface area (Å²) in [6.45, 7) is 0. The van der Waals surface area contributed by atoms with Crippen molar-refractivity contribution in [1.29, 1.82) is 0 Å². The smallest absolute Gasteiger partial charge is 0.497 e. The molecule has 3 rings (SSSR count). The maximum absolute atomic E-state index is 12.2. The maximum atomic E-state index is 12.2. The van der Waals surface area contributed by atoms with Gasteiger partial charge in [-0.1, -0.05) is 30.3 Å². The van der Waals surface area contributed by atoms with Gasteiger partial charge >= 0.3 is 6.36 Å². The third kappa shape index (κ3) is 4.03. The Labute approximate surface area is 142 Å². The molecule has 0 unspecified atom stereocenters. The van der Waals surface area contributed by atoms with Gasteiger partial charge in [-0.2, -0.15) is 0 Å². The highest BCUT2D eigenvalue weighted by Gasteiger charge is 2.31. The molecule has 0 heterocycles. The van der Waals surface area contributed by atoms with E-state index in [4.69, 9.17) is 10.5 Å². The number of fused-ring (bicyclic) bond motifs is 1. The molecule has 1 atom stereocenters. The first-order valence-electron chi connectivity index (χ1n) is 7.55. The molecule has 0 fully saturated rings. The number of ether oxygens (including phenoxy) is 2. The minimum absolute atomic E-state index is 0.269. The Morgan fingerprint density at radius 3 is 2.00 bits per heavy atom. The minimum atomic E-state index is -4.71. The number of rotatable bonds is 4. The second kappa shape index (κ2) is 6.64. The molecule has 6 heteroatoms. The van der Waals surface area contributed by atoms with Crippen LogP contribution in [0.4, 0.5) is 13.2 Å². The van der Waals surface area contributed by atoms with Crippen LogP contribution in [-0.4, -0.2) is 13.5 Å². The van der Waals surface area contributed by atoms with Crippen LogP contribution in [0.15, 0.2) is 60.7 Å². The SMILES string of the molecule is COc1ccc2cc([C@H](N)c3ccc(OC(F)(F)F)cc3)ccc2c1. The summed E-state index contributed by atoms with van der Waals surface area (Å²) in [6, 6.07) is 16.6. The lowest BCUT2D eigenvalue weighted by Crippen LogP contribution is -2.17. The van der Waals surface area contributed by atoms with E-state index < -0.39 is 12.4 Å². The van der Waals surface area contributed by atoms with Gasteiger partial charge < -0.3 is 15.2 Å². The zero-order chi connectivity index (χ0) is 18.0. The van der Waals surface area contributed by atoms with Gasteiger partial charge in [-0.25, -0.2) is 0 Å². The molecule has 0 aliphatic carbocycles. The molecule has 0 radical (unpaired) electrons. The summed E-state index contributed by atoms with van der Waals surface area (Å²) in [5, 5.41) is 2.02. The quantitative estimate of drug-likeness (QED) is 0.738. The first kappa shape index (κ1) is 17.1. The third-order valence-corrected chi connectivity index (χ3v) is 3.90. The molecule has 25 heavy (non-hydrogen) atoms. The van der Waals surface area contributed by atoms with E-state index >= 15 is 0 Å². The van der Waals surface area contributed by atoms with Crippen molar-refractivity contribution in [3.8, 4) is 11.5 Å². The van der Waals surface area contributed by atoms with E-state index in [1.54, 1.807) is 7.11 Å². The molecule has 0 saturated carbocycles. The Morgan fingerprint density at radius 2 is 1.36 bits per heavy atom. The predicted octanol–water partition coefficient (Wildman–Crippen LogP) is 4.80. The van der Waals surface area contributed by atoms with Crippen LogP contribution in [0.2, 0.25) is 0 Å². The van der Waals surface area contributed by atoms with Crippen LogP contribution < -0.4 is 15.2 Å². The largest absolute Gasteiger partial charge is 0.573 e. The van der Waals surface area contributed by atoms with E-state index in [9.17, 15) is 13.2 Å². The predicted molar refractivity (Wildman–Crippen MR) is 89.7 cm³/mol. The van der Waals surface area contributed by atoms with Crippen LogP contribution in [0, 0.1) is 0 Å². The topological polar surface area (TPSA) is 44.5 Å². The molecule has 3 aromatic carbocycles. The van der Waals surface area contributed by atoms with Crippen LogP contribution in [0.5, 0.6) is 11.5 Å². The molecule has 0 aromatic heterocycles. The van der Waals surface area contributed by atoms with Crippen molar-refractivity contribution in [2.75, 3.05) is 7.11 Å². The van der Waals surface area contributed by atoms with Gasteiger partial charge in [0.1, 0.15) is 11.5 Å². The second-order valence-electron chi connectivity index (χ2n) is 5.57. The van der Waals surface area contributed by atoms with Gasteiger partial charge in [-0.15, -0.1) is 13.2 Å². The monoisotopic (exact) mass is 347 g/mol. The Bertz CT molecular complexity index is 876. The maximum Gasteiger partial charge on any atom is 0.573 e. The molecule has 0 aliphatic heterocycles. The van der Waals surface area contributed by atoms with Crippen molar-refractivity contribution < 1.29 is 22.6 Å². The van der Waals surface area contributed by atoms with Gasteiger partial charge in [-0.3, -0.25) is 0 Å². The fourth-order valence-corrected chi connectivity index (χ4v) is 2.63. The average molecular weight is 347 g/mol. The molecule has 2 N–H and O–H groups in total. The summed E-state index contributed by atoms with van der Waals surface area (Å²) >= 11 is 0. The summed E-state index contributed by atoms with van der Waals surface area (Å²) in [5.41, 5.74) is 7.81. The number of hydrogen-bond donors (Lipinski definition) is 1. The van der Waals surface area contributed by atoms with E-state index in [-0.39, 0.29) is 5.75 Å². The van der Waals surface area contributed by atoms with Gasteiger partial charge in [0.05, 0.1) is 13.2 Å². The number of alkyl halides is 3. The fraction of sp³-hybridized carbons (Fsp3) is 0.158. The first-order valence-corrected chi connectivity index (χ1v) is 7.55.